The summed E-state index contributed by atoms with van der Waals surface area (Å²) in [6.45, 7) is 3.47. The van der Waals surface area contributed by atoms with Crippen LogP contribution in [-0.4, -0.2) is 148 Å². The van der Waals surface area contributed by atoms with E-state index in [1.165, 1.54) is 12.8 Å². The molecule has 44 heavy (non-hydrogen) atoms. The van der Waals surface area contributed by atoms with Crippen LogP contribution in [0, 0.1) is 28.4 Å². The molecule has 0 heterocycles. The van der Waals surface area contributed by atoms with Gasteiger partial charge in [0.2, 0.25) is 0 Å². The summed E-state index contributed by atoms with van der Waals surface area (Å²) in [5.74, 6) is 0. The summed E-state index contributed by atoms with van der Waals surface area (Å²) in [6, 6.07) is 0. The number of ether oxygens (including phenoxy) is 8. The predicted octanol–water partition coefficient (Wildman–Crippen LogP) is 0.0272. The van der Waals surface area contributed by atoms with Crippen molar-refractivity contribution in [3.05, 3.63) is 28.4 Å². The van der Waals surface area contributed by atoms with E-state index < -0.39 is 24.4 Å². The quantitative estimate of drug-likeness (QED) is 0.0434. The largest absolute Gasteiger partial charge is 0.553 e. The number of aliphatic hydroxyl groups excluding tert-OH is 6. The molecule has 0 aromatic carbocycles. The van der Waals surface area contributed by atoms with Gasteiger partial charge in [-0.2, -0.15) is 0 Å². The number of rotatable bonds is 29. The summed E-state index contributed by atoms with van der Waals surface area (Å²) in [6.07, 6.45) is 4.14. The standard InChI is InChI=1S/C16H32O6.2C6H13O4.2Rf/c1-19-11-15(17)13-21-9-7-5-3-4-6-8-10-22-14-16(18)12-20-2;2*1-9-4-6(8)5-10-3-2-7;;/h15-18H,1-14H2;2*6-8H,1-5H2;;/q-2;2*-1;;. The third-order valence-corrected chi connectivity index (χ3v) is 4.78. The van der Waals surface area contributed by atoms with Gasteiger partial charge < -0.3 is 68.5 Å². The van der Waals surface area contributed by atoms with Crippen molar-refractivity contribution in [1.82, 2.24) is 0 Å². The van der Waals surface area contributed by atoms with Gasteiger partial charge in [0.15, 0.2) is 0 Å². The maximum absolute atomic E-state index is 9.33. The third kappa shape index (κ3) is 49.1. The minimum atomic E-state index is -0.649. The van der Waals surface area contributed by atoms with Crippen molar-refractivity contribution in [2.75, 3.05) is 92.5 Å². The van der Waals surface area contributed by atoms with Gasteiger partial charge in [0.25, 0.3) is 0 Å². The first-order chi connectivity index (χ1) is 20.3. The van der Waals surface area contributed by atoms with Crippen LogP contribution >= 0.6 is 0 Å². The minimum Gasteiger partial charge on any atom is -0.553 e. The van der Waals surface area contributed by atoms with Gasteiger partial charge in [-0.3, -0.25) is 0 Å². The molecule has 262 valence electrons. The molecule has 0 aliphatic rings. The molecule has 0 spiro atoms. The summed E-state index contributed by atoms with van der Waals surface area (Å²) >= 11 is 0. The van der Waals surface area contributed by atoms with Crippen LogP contribution in [0.4, 0.5) is 0 Å². The fourth-order valence-electron chi connectivity index (χ4n) is 2.86. The molecule has 0 fully saturated rings. The predicted molar refractivity (Wildman–Crippen MR) is 154 cm³/mol. The zero-order valence-corrected chi connectivity index (χ0v) is 39.4. The molecule has 4 unspecified atom stereocenters. The van der Waals surface area contributed by atoms with Gasteiger partial charge in [0, 0.05) is 39.6 Å². The molecule has 0 radical (unpaired) electrons. The molecule has 0 aromatic rings. The average molecular weight is 1150 g/mol. The van der Waals surface area contributed by atoms with Gasteiger partial charge in [-0.05, 0) is 12.8 Å². The Balaban J connectivity index is -0.000000193. The fourth-order valence-corrected chi connectivity index (χ4v) is 2.86. The van der Waals surface area contributed by atoms with Gasteiger partial charge >= 0.3 is 0 Å². The van der Waals surface area contributed by atoms with Crippen LogP contribution in [0.2, 0.25) is 0 Å². The number of aliphatic hydroxyl groups is 6. The maximum atomic E-state index is 9.33. The molecule has 0 aliphatic heterocycles. The second-order valence-corrected chi connectivity index (χ2v) is 8.97. The van der Waals surface area contributed by atoms with Crippen molar-refractivity contribution in [3.63, 3.8) is 0 Å². The summed E-state index contributed by atoms with van der Waals surface area (Å²) in [5.41, 5.74) is 0. The van der Waals surface area contributed by atoms with E-state index in [2.05, 4.69) is 47.4 Å². The Morgan fingerprint density at radius 2 is 0.591 bits per heavy atom. The van der Waals surface area contributed by atoms with E-state index in [0.29, 0.717) is 26.4 Å². The van der Waals surface area contributed by atoms with Crippen LogP contribution in [-0.2, 0) is 37.9 Å². The normalized spacial score (nSPS) is 13.2. The Morgan fingerprint density at radius 1 is 0.364 bits per heavy atom. The summed E-state index contributed by atoms with van der Waals surface area (Å²) in [4.78, 5) is 0. The average Bonchev–Trinajstić information content (AvgIpc) is 2.95. The van der Waals surface area contributed by atoms with E-state index >= 15 is 0 Å². The van der Waals surface area contributed by atoms with Crippen molar-refractivity contribution in [1.29, 1.82) is 0 Å². The van der Waals surface area contributed by atoms with Crippen LogP contribution in [0.3, 0.4) is 0 Å². The second kappa shape index (κ2) is 44.9. The van der Waals surface area contributed by atoms with Crippen LogP contribution in [0.1, 0.15) is 38.5 Å². The molecule has 0 amide bonds. The van der Waals surface area contributed by atoms with E-state index in [9.17, 15) is 10.2 Å². The van der Waals surface area contributed by atoms with E-state index in [4.69, 9.17) is 39.4 Å². The Hall–Kier alpha value is -2.56. The molecule has 0 saturated carbocycles. The van der Waals surface area contributed by atoms with Gasteiger partial charge in [-0.25, -0.2) is 28.4 Å². The SMILES string of the molecule is [CH2-]OCC(O)COCCCCCCCCOCC(O)CO[CH2-].[CH2-]OCC(O)COCCO.[CH2-]OCC(O)COCCO.[Rf].[Rf]. The molecule has 6 N–H and O–H groups in total. The molecule has 16 heteroatoms. The van der Waals surface area contributed by atoms with E-state index in [1.54, 1.807) is 0 Å². The summed E-state index contributed by atoms with van der Waals surface area (Å²) in [7, 11) is 12.6. The number of hydrogen-bond donors (Lipinski definition) is 6. The molecule has 14 nitrogen and oxygen atoms in total. The zero-order chi connectivity index (χ0) is 32.1. The Kier molecular flexibility index (Phi) is 52.1. The number of unbranched alkanes of at least 4 members (excludes halogenated alkanes) is 5. The molecule has 4 atom stereocenters. The monoisotopic (exact) mass is 1150 g/mol. The molecule has 0 aliphatic carbocycles. The zero-order valence-electron chi connectivity index (χ0n) is 26.6. The van der Waals surface area contributed by atoms with Crippen LogP contribution in [0.25, 0.3) is 0 Å². The maximum Gasteiger partial charge on any atom is 0.0976 e. The fraction of sp³-hybridized carbons (Fsp3) is 0.857. The molecular formula is C28H58O14Rf2-4. The van der Waals surface area contributed by atoms with Crippen molar-refractivity contribution in [2.24, 2.45) is 0 Å². The van der Waals surface area contributed by atoms with Gasteiger partial charge in [0.05, 0.1) is 77.3 Å². The summed E-state index contributed by atoms with van der Waals surface area (Å²) in [5, 5.41) is 53.0. The Bertz CT molecular complexity index is 436. The minimum absolute atomic E-state index is 0. The van der Waals surface area contributed by atoms with Crippen LogP contribution < -0.4 is 0 Å². The van der Waals surface area contributed by atoms with Gasteiger partial charge in [-0.15, -0.1) is 0 Å². The van der Waals surface area contributed by atoms with Crippen LogP contribution in [0.15, 0.2) is 0 Å². The van der Waals surface area contributed by atoms with Crippen molar-refractivity contribution >= 4 is 0 Å². The second-order valence-electron chi connectivity index (χ2n) is 8.97. The van der Waals surface area contributed by atoms with Crippen LogP contribution in [0.5, 0.6) is 0 Å². The molecule has 0 bridgehead atoms. The first-order valence-electron chi connectivity index (χ1n) is 14.1. The summed E-state index contributed by atoms with van der Waals surface area (Å²) < 4.78 is 38.2. The van der Waals surface area contributed by atoms with Crippen molar-refractivity contribution < 1.29 is 68.5 Å². The first-order valence-corrected chi connectivity index (χ1v) is 14.1. The third-order valence-electron chi connectivity index (χ3n) is 4.78. The van der Waals surface area contributed by atoms with Gasteiger partial charge in [-0.1, -0.05) is 25.7 Å². The van der Waals surface area contributed by atoms with Crippen molar-refractivity contribution in [2.45, 2.75) is 62.9 Å². The first kappa shape index (κ1) is 51.0. The Morgan fingerprint density at radius 3 is 0.818 bits per heavy atom. The Labute approximate surface area is 252 Å². The number of hydrogen-bond acceptors (Lipinski definition) is 14. The molecular weight excluding hydrogens is 1090 g/mol. The molecule has 0 saturated heterocycles. The van der Waals surface area contributed by atoms with Crippen molar-refractivity contribution in [3.8, 4) is 0 Å². The van der Waals surface area contributed by atoms with E-state index in [0.717, 1.165) is 25.7 Å². The smallest absolute Gasteiger partial charge is 0.0976 e. The van der Waals surface area contributed by atoms with E-state index in [-0.39, 0.29) is 66.1 Å². The molecule has 0 aromatic heterocycles. The van der Waals surface area contributed by atoms with Gasteiger partial charge in [0.1, 0.15) is 0 Å². The molecule has 0 rings (SSSR count). The topological polar surface area (TPSA) is 195 Å². The van der Waals surface area contributed by atoms with E-state index in [1.807, 2.05) is 0 Å².